The molecule has 4 N–H and O–H groups in total. The molecule has 0 aromatic heterocycles. The molecule has 1 aromatic rings. The molecule has 4 nitrogen and oxygen atoms in total. The third kappa shape index (κ3) is 2.89. The second-order valence-electron chi connectivity index (χ2n) is 6.07. The van der Waals surface area contributed by atoms with E-state index in [-0.39, 0.29) is 5.91 Å². The number of hydrogen-bond donors (Lipinski definition) is 3. The fraction of sp³-hybridized carbons (Fsp3) is 0.562. The minimum Gasteiger partial charge on any atom is -0.397 e. The zero-order chi connectivity index (χ0) is 14.1. The summed E-state index contributed by atoms with van der Waals surface area (Å²) in [6.45, 7) is 2.20. The topological polar surface area (TPSA) is 67.1 Å². The molecule has 1 saturated carbocycles. The van der Waals surface area contributed by atoms with Gasteiger partial charge < -0.3 is 16.4 Å². The summed E-state index contributed by atoms with van der Waals surface area (Å²) in [5.41, 5.74) is 9.95. The number of anilines is 3. The molecule has 1 amide bonds. The molecule has 1 atom stereocenters. The summed E-state index contributed by atoms with van der Waals surface area (Å²) in [4.78, 5) is 11.5. The molecule has 1 unspecified atom stereocenters. The first-order valence-electron chi connectivity index (χ1n) is 7.64. The van der Waals surface area contributed by atoms with E-state index >= 15 is 0 Å². The first-order chi connectivity index (χ1) is 9.65. The number of aryl methyl sites for hydroxylation is 1. The molecular weight excluding hydrogens is 250 g/mol. The molecule has 1 fully saturated rings. The molecule has 108 valence electrons. The summed E-state index contributed by atoms with van der Waals surface area (Å²) >= 11 is 0. The van der Waals surface area contributed by atoms with Crippen molar-refractivity contribution in [2.75, 3.05) is 16.4 Å². The molecule has 0 saturated heterocycles. The van der Waals surface area contributed by atoms with Crippen molar-refractivity contribution in [2.24, 2.45) is 5.92 Å². The van der Waals surface area contributed by atoms with E-state index in [0.717, 1.165) is 41.4 Å². The molecule has 4 heteroatoms. The summed E-state index contributed by atoms with van der Waals surface area (Å²) in [6.07, 6.45) is 6.39. The number of nitrogens with one attached hydrogen (secondary N) is 2. The summed E-state index contributed by atoms with van der Waals surface area (Å²) in [7, 11) is 0. The lowest BCUT2D eigenvalue weighted by Crippen LogP contribution is -2.22. The molecule has 3 rings (SSSR count). The van der Waals surface area contributed by atoms with Crippen LogP contribution in [0.4, 0.5) is 17.1 Å². The second kappa shape index (κ2) is 5.35. The largest absolute Gasteiger partial charge is 0.397 e. The third-order valence-corrected chi connectivity index (χ3v) is 4.34. The predicted octanol–water partition coefficient (Wildman–Crippen LogP) is 3.14. The molecule has 1 aliphatic carbocycles. The maximum absolute atomic E-state index is 11.5. The van der Waals surface area contributed by atoms with Crippen LogP contribution in [0.15, 0.2) is 12.1 Å². The van der Waals surface area contributed by atoms with Gasteiger partial charge in [-0.15, -0.1) is 0 Å². The number of hydrogen-bond acceptors (Lipinski definition) is 3. The highest BCUT2D eigenvalue weighted by Crippen LogP contribution is 2.36. The number of carbonyl (C=O) groups is 1. The van der Waals surface area contributed by atoms with Crippen LogP contribution in [0.2, 0.25) is 0 Å². The Morgan fingerprint density at radius 1 is 1.40 bits per heavy atom. The van der Waals surface area contributed by atoms with Crippen molar-refractivity contribution in [3.63, 3.8) is 0 Å². The van der Waals surface area contributed by atoms with Gasteiger partial charge in [0.25, 0.3) is 0 Å². The van der Waals surface area contributed by atoms with Crippen molar-refractivity contribution in [1.29, 1.82) is 0 Å². The van der Waals surface area contributed by atoms with E-state index in [2.05, 4.69) is 17.6 Å². The summed E-state index contributed by atoms with van der Waals surface area (Å²) < 4.78 is 0. The van der Waals surface area contributed by atoms with Gasteiger partial charge in [0.2, 0.25) is 5.91 Å². The van der Waals surface area contributed by atoms with Gasteiger partial charge in [-0.3, -0.25) is 4.79 Å². The Labute approximate surface area is 120 Å². The Balaban J connectivity index is 1.77. The number of amides is 1. The third-order valence-electron chi connectivity index (χ3n) is 4.34. The number of carbonyl (C=O) groups excluding carboxylic acids is 1. The average Bonchev–Trinajstić information content (AvgIpc) is 3.23. The molecule has 0 spiro atoms. The van der Waals surface area contributed by atoms with Crippen LogP contribution in [-0.4, -0.2) is 11.9 Å². The van der Waals surface area contributed by atoms with Crippen LogP contribution in [0.3, 0.4) is 0 Å². The Hall–Kier alpha value is -1.71. The van der Waals surface area contributed by atoms with Gasteiger partial charge in [0, 0.05) is 18.2 Å². The lowest BCUT2D eigenvalue weighted by atomic mass is 10.0. The van der Waals surface area contributed by atoms with E-state index in [1.807, 2.05) is 12.1 Å². The predicted molar refractivity (Wildman–Crippen MR) is 82.8 cm³/mol. The number of rotatable bonds is 5. The van der Waals surface area contributed by atoms with E-state index in [1.165, 1.54) is 19.3 Å². The van der Waals surface area contributed by atoms with Crippen molar-refractivity contribution < 1.29 is 4.79 Å². The monoisotopic (exact) mass is 273 g/mol. The van der Waals surface area contributed by atoms with Crippen LogP contribution >= 0.6 is 0 Å². The van der Waals surface area contributed by atoms with Crippen LogP contribution < -0.4 is 16.4 Å². The molecule has 2 aliphatic rings. The second-order valence-corrected chi connectivity index (χ2v) is 6.07. The first kappa shape index (κ1) is 13.3. The molecule has 1 heterocycles. The van der Waals surface area contributed by atoms with E-state index in [1.54, 1.807) is 0 Å². The molecule has 1 aliphatic heterocycles. The molecular formula is C16H23N3O. The Morgan fingerprint density at radius 3 is 2.90 bits per heavy atom. The van der Waals surface area contributed by atoms with Crippen LogP contribution in [0, 0.1) is 5.92 Å². The lowest BCUT2D eigenvalue weighted by molar-refractivity contribution is -0.116. The van der Waals surface area contributed by atoms with Crippen molar-refractivity contribution in [3.05, 3.63) is 17.7 Å². The van der Waals surface area contributed by atoms with Gasteiger partial charge in [0.1, 0.15) is 0 Å². The molecule has 0 bridgehead atoms. The quantitative estimate of drug-likeness (QED) is 0.722. The first-order valence-corrected chi connectivity index (χ1v) is 7.64. The van der Waals surface area contributed by atoms with E-state index in [4.69, 9.17) is 5.73 Å². The number of nitrogens with two attached hydrogens (primary N) is 1. The van der Waals surface area contributed by atoms with Gasteiger partial charge in [-0.2, -0.15) is 0 Å². The van der Waals surface area contributed by atoms with E-state index in [9.17, 15) is 4.79 Å². The average molecular weight is 273 g/mol. The molecule has 1 aromatic carbocycles. The fourth-order valence-corrected chi connectivity index (χ4v) is 2.88. The van der Waals surface area contributed by atoms with Gasteiger partial charge in [-0.25, -0.2) is 0 Å². The highest BCUT2D eigenvalue weighted by atomic mass is 16.1. The summed E-state index contributed by atoms with van der Waals surface area (Å²) in [5, 5.41) is 6.49. The van der Waals surface area contributed by atoms with Crippen molar-refractivity contribution in [1.82, 2.24) is 0 Å². The lowest BCUT2D eigenvalue weighted by Gasteiger charge is -2.23. The highest BCUT2D eigenvalue weighted by molar-refractivity contribution is 5.95. The standard InChI is InChI=1S/C16H23N3O/c1-2-12(7-10-3-4-10)18-15-9-14-11(8-13(15)17)5-6-16(20)19-14/h8-10,12,18H,2-7,17H2,1H3,(H,19,20). The van der Waals surface area contributed by atoms with Crippen molar-refractivity contribution >= 4 is 23.0 Å². The SMILES string of the molecule is CCC(CC1CC1)Nc1cc2c(cc1N)CCC(=O)N2. The van der Waals surface area contributed by atoms with Crippen LogP contribution in [0.25, 0.3) is 0 Å². The minimum atomic E-state index is 0.0956. The Bertz CT molecular complexity index is 523. The smallest absolute Gasteiger partial charge is 0.224 e. The fourth-order valence-electron chi connectivity index (χ4n) is 2.88. The maximum atomic E-state index is 11.5. The Kier molecular flexibility index (Phi) is 3.55. The van der Waals surface area contributed by atoms with Gasteiger partial charge in [-0.05, 0) is 42.9 Å². The summed E-state index contributed by atoms with van der Waals surface area (Å²) in [6, 6.07) is 4.47. The highest BCUT2D eigenvalue weighted by Gasteiger charge is 2.25. The number of nitrogen functional groups attached to an aromatic ring is 1. The summed E-state index contributed by atoms with van der Waals surface area (Å²) in [5.74, 6) is 0.990. The van der Waals surface area contributed by atoms with Gasteiger partial charge >= 0.3 is 0 Å². The van der Waals surface area contributed by atoms with Gasteiger partial charge in [0.15, 0.2) is 0 Å². The van der Waals surface area contributed by atoms with Gasteiger partial charge in [0.05, 0.1) is 11.4 Å². The van der Waals surface area contributed by atoms with Gasteiger partial charge in [-0.1, -0.05) is 19.8 Å². The minimum absolute atomic E-state index is 0.0956. The van der Waals surface area contributed by atoms with Crippen LogP contribution in [-0.2, 0) is 11.2 Å². The van der Waals surface area contributed by atoms with Crippen LogP contribution in [0.1, 0.15) is 44.6 Å². The normalized spacial score (nSPS) is 19.1. The molecule has 0 radical (unpaired) electrons. The maximum Gasteiger partial charge on any atom is 0.224 e. The van der Waals surface area contributed by atoms with E-state index < -0.39 is 0 Å². The number of benzene rings is 1. The van der Waals surface area contributed by atoms with Crippen LogP contribution in [0.5, 0.6) is 0 Å². The van der Waals surface area contributed by atoms with E-state index in [0.29, 0.717) is 12.5 Å². The van der Waals surface area contributed by atoms with Crippen molar-refractivity contribution in [3.8, 4) is 0 Å². The zero-order valence-corrected chi connectivity index (χ0v) is 12.0. The molecule has 20 heavy (non-hydrogen) atoms. The number of fused-ring (bicyclic) bond motifs is 1. The Morgan fingerprint density at radius 2 is 2.20 bits per heavy atom. The zero-order valence-electron chi connectivity index (χ0n) is 12.0. The van der Waals surface area contributed by atoms with Crippen molar-refractivity contribution in [2.45, 2.75) is 51.5 Å².